The van der Waals surface area contributed by atoms with E-state index in [1.807, 2.05) is 0 Å². The maximum Gasteiger partial charge on any atom is 0.129 e. The summed E-state index contributed by atoms with van der Waals surface area (Å²) < 4.78 is 14.1. The molecule has 1 nitrogen and oxygen atoms in total. The molecule has 0 heterocycles. The molecule has 1 unspecified atom stereocenters. The summed E-state index contributed by atoms with van der Waals surface area (Å²) in [6.45, 7) is 5.20. The van der Waals surface area contributed by atoms with Crippen molar-refractivity contribution >= 4 is 11.6 Å². The quantitative estimate of drug-likeness (QED) is 0.824. The van der Waals surface area contributed by atoms with Crippen LogP contribution in [0.2, 0.25) is 5.02 Å². The van der Waals surface area contributed by atoms with E-state index in [2.05, 4.69) is 19.2 Å². The highest BCUT2D eigenvalue weighted by molar-refractivity contribution is 6.31. The third-order valence-electron chi connectivity index (χ3n) is 4.27. The van der Waals surface area contributed by atoms with Gasteiger partial charge in [0.25, 0.3) is 0 Å². The molecule has 0 spiro atoms. The smallest absolute Gasteiger partial charge is 0.129 e. The zero-order chi connectivity index (χ0) is 13.8. The Kier molecular flexibility index (Phi) is 5.23. The second-order valence-electron chi connectivity index (χ2n) is 5.69. The van der Waals surface area contributed by atoms with E-state index < -0.39 is 0 Å². The van der Waals surface area contributed by atoms with E-state index in [0.717, 1.165) is 25.3 Å². The van der Waals surface area contributed by atoms with Gasteiger partial charge in [-0.05, 0) is 43.4 Å². The highest BCUT2D eigenvalue weighted by Gasteiger charge is 2.29. The van der Waals surface area contributed by atoms with Gasteiger partial charge in [0.05, 0.1) is 0 Å². The van der Waals surface area contributed by atoms with Gasteiger partial charge in [-0.1, -0.05) is 44.4 Å². The lowest BCUT2D eigenvalue weighted by Gasteiger charge is -2.34. The van der Waals surface area contributed by atoms with E-state index in [4.69, 9.17) is 11.6 Å². The predicted molar refractivity (Wildman–Crippen MR) is 78.9 cm³/mol. The van der Waals surface area contributed by atoms with Gasteiger partial charge in [0.2, 0.25) is 0 Å². The van der Waals surface area contributed by atoms with Gasteiger partial charge in [-0.25, -0.2) is 4.39 Å². The topological polar surface area (TPSA) is 12.0 Å². The summed E-state index contributed by atoms with van der Waals surface area (Å²) >= 11 is 6.23. The van der Waals surface area contributed by atoms with Gasteiger partial charge in [-0.2, -0.15) is 0 Å². The summed E-state index contributed by atoms with van der Waals surface area (Å²) in [6.07, 6.45) is 4.78. The number of benzene rings is 1. The molecule has 1 aromatic carbocycles. The first kappa shape index (κ1) is 14.8. The molecule has 3 heteroatoms. The molecule has 0 amide bonds. The summed E-state index contributed by atoms with van der Waals surface area (Å²) in [4.78, 5) is 0. The molecule has 0 aromatic heterocycles. The zero-order valence-corrected chi connectivity index (χ0v) is 12.5. The van der Waals surface area contributed by atoms with E-state index in [-0.39, 0.29) is 11.9 Å². The van der Waals surface area contributed by atoms with E-state index in [0.29, 0.717) is 16.5 Å². The molecule has 19 heavy (non-hydrogen) atoms. The molecule has 1 fully saturated rings. The normalized spacial score (nSPS) is 25.3. The van der Waals surface area contributed by atoms with Crippen molar-refractivity contribution in [2.75, 3.05) is 6.54 Å². The van der Waals surface area contributed by atoms with Crippen LogP contribution in [0.5, 0.6) is 0 Å². The highest BCUT2D eigenvalue weighted by atomic mass is 35.5. The van der Waals surface area contributed by atoms with Gasteiger partial charge in [-0.3, -0.25) is 0 Å². The average molecular weight is 284 g/mol. The molecule has 1 N–H and O–H groups in total. The van der Waals surface area contributed by atoms with Crippen LogP contribution in [-0.4, -0.2) is 6.54 Å². The summed E-state index contributed by atoms with van der Waals surface area (Å²) in [6, 6.07) is 5.02. The first-order chi connectivity index (χ1) is 9.13. The van der Waals surface area contributed by atoms with Crippen molar-refractivity contribution in [2.24, 2.45) is 11.8 Å². The Morgan fingerprint density at radius 1 is 1.32 bits per heavy atom. The molecular formula is C16H23ClFN. The Hall–Kier alpha value is -0.600. The second kappa shape index (κ2) is 6.71. The van der Waals surface area contributed by atoms with Crippen molar-refractivity contribution < 1.29 is 4.39 Å². The third-order valence-corrected chi connectivity index (χ3v) is 4.60. The van der Waals surface area contributed by atoms with E-state index in [1.165, 1.54) is 18.9 Å². The summed E-state index contributed by atoms with van der Waals surface area (Å²) in [5.74, 6) is 1.11. The summed E-state index contributed by atoms with van der Waals surface area (Å²) in [5, 5.41) is 3.99. The Balaban J connectivity index is 2.24. The van der Waals surface area contributed by atoms with Crippen molar-refractivity contribution in [1.82, 2.24) is 5.32 Å². The summed E-state index contributed by atoms with van der Waals surface area (Å²) in [7, 11) is 0. The second-order valence-corrected chi connectivity index (χ2v) is 6.10. The maximum atomic E-state index is 14.1. The summed E-state index contributed by atoms with van der Waals surface area (Å²) in [5.41, 5.74) is 0.658. The molecule has 1 saturated carbocycles. The maximum absolute atomic E-state index is 14.1. The van der Waals surface area contributed by atoms with Crippen LogP contribution < -0.4 is 5.32 Å². The van der Waals surface area contributed by atoms with Crippen LogP contribution in [-0.2, 0) is 0 Å². The van der Waals surface area contributed by atoms with Crippen LogP contribution in [0.4, 0.5) is 4.39 Å². The van der Waals surface area contributed by atoms with Crippen LogP contribution in [0.25, 0.3) is 0 Å². The Labute approximate surface area is 120 Å². The fraction of sp³-hybridized carbons (Fsp3) is 0.625. The van der Waals surface area contributed by atoms with Gasteiger partial charge in [0.1, 0.15) is 5.82 Å². The molecule has 0 bridgehead atoms. The number of rotatable bonds is 4. The molecule has 1 aromatic rings. The van der Waals surface area contributed by atoms with Crippen LogP contribution in [0.1, 0.15) is 51.1 Å². The van der Waals surface area contributed by atoms with Gasteiger partial charge >= 0.3 is 0 Å². The number of hydrogen-bond donors (Lipinski definition) is 1. The van der Waals surface area contributed by atoms with E-state index in [1.54, 1.807) is 12.1 Å². The highest BCUT2D eigenvalue weighted by Crippen LogP contribution is 2.39. The van der Waals surface area contributed by atoms with Crippen LogP contribution in [0.3, 0.4) is 0 Å². The molecule has 0 aliphatic heterocycles. The molecule has 1 aliphatic carbocycles. The average Bonchev–Trinajstić information content (AvgIpc) is 2.38. The van der Waals surface area contributed by atoms with Gasteiger partial charge in [-0.15, -0.1) is 0 Å². The third kappa shape index (κ3) is 3.49. The van der Waals surface area contributed by atoms with Gasteiger partial charge in [0, 0.05) is 16.6 Å². The Morgan fingerprint density at radius 2 is 2.00 bits per heavy atom. The fourth-order valence-corrected chi connectivity index (χ4v) is 3.43. The molecule has 106 valence electrons. The van der Waals surface area contributed by atoms with Crippen molar-refractivity contribution in [3.05, 3.63) is 34.6 Å². The standard InChI is InChI=1S/C16H23ClFN/c1-3-19-16(12-9-7-11(2)8-10-12)15-13(17)5-4-6-14(15)18/h4-6,11-12,16,19H,3,7-10H2,1-2H3. The first-order valence-corrected chi connectivity index (χ1v) is 7.68. The molecular weight excluding hydrogens is 261 g/mol. The molecule has 1 atom stereocenters. The van der Waals surface area contributed by atoms with Crippen molar-refractivity contribution in [3.8, 4) is 0 Å². The van der Waals surface area contributed by atoms with Crippen LogP contribution in [0.15, 0.2) is 18.2 Å². The fourth-order valence-electron chi connectivity index (χ4n) is 3.15. The van der Waals surface area contributed by atoms with Crippen molar-refractivity contribution in [1.29, 1.82) is 0 Å². The molecule has 0 radical (unpaired) electrons. The minimum Gasteiger partial charge on any atom is -0.310 e. The lowest BCUT2D eigenvalue weighted by atomic mass is 9.77. The van der Waals surface area contributed by atoms with Crippen molar-refractivity contribution in [2.45, 2.75) is 45.6 Å². The Morgan fingerprint density at radius 3 is 2.58 bits per heavy atom. The minimum absolute atomic E-state index is 0.0474. The number of halogens is 2. The van der Waals surface area contributed by atoms with E-state index >= 15 is 0 Å². The lowest BCUT2D eigenvalue weighted by molar-refractivity contribution is 0.230. The Bertz CT molecular complexity index is 393. The first-order valence-electron chi connectivity index (χ1n) is 7.30. The number of hydrogen-bond acceptors (Lipinski definition) is 1. The minimum atomic E-state index is -0.183. The van der Waals surface area contributed by atoms with Crippen LogP contribution >= 0.6 is 11.6 Å². The van der Waals surface area contributed by atoms with Gasteiger partial charge < -0.3 is 5.32 Å². The molecule has 1 aliphatic rings. The predicted octanol–water partition coefficient (Wildman–Crippen LogP) is 4.96. The molecule has 2 rings (SSSR count). The van der Waals surface area contributed by atoms with Gasteiger partial charge in [0.15, 0.2) is 0 Å². The molecule has 0 saturated heterocycles. The van der Waals surface area contributed by atoms with Crippen molar-refractivity contribution in [3.63, 3.8) is 0 Å². The monoisotopic (exact) mass is 283 g/mol. The zero-order valence-electron chi connectivity index (χ0n) is 11.8. The lowest BCUT2D eigenvalue weighted by Crippen LogP contribution is -2.31. The SMILES string of the molecule is CCNC(c1c(F)cccc1Cl)C1CCC(C)CC1. The largest absolute Gasteiger partial charge is 0.310 e. The van der Waals surface area contributed by atoms with E-state index in [9.17, 15) is 4.39 Å². The number of nitrogens with one attached hydrogen (secondary N) is 1. The van der Waals surface area contributed by atoms with Crippen LogP contribution in [0, 0.1) is 17.7 Å².